The smallest absolute Gasteiger partial charge is 0.290 e. The van der Waals surface area contributed by atoms with E-state index < -0.39 is 17.7 Å². The Morgan fingerprint density at radius 2 is 1.78 bits per heavy atom. The van der Waals surface area contributed by atoms with Crippen molar-refractivity contribution >= 4 is 22.6 Å². The van der Waals surface area contributed by atoms with Crippen molar-refractivity contribution in [3.8, 4) is 0 Å². The standard InChI is InChI=1S/C26H21N3O3/c1-16-6-8-17(9-7-16)23-22(24(30)18-10-12-27-13-11-18)25(31)26(32)29(23)15-19-14-28-21-5-3-2-4-20(19)21/h2-14,23,28,31H,15H2,1H3. The highest BCUT2D eigenvalue weighted by molar-refractivity contribution is 6.16. The summed E-state index contributed by atoms with van der Waals surface area (Å²) in [5.41, 5.74) is 4.18. The summed E-state index contributed by atoms with van der Waals surface area (Å²) in [5, 5.41) is 11.8. The van der Waals surface area contributed by atoms with Crippen LogP contribution in [-0.4, -0.2) is 31.7 Å². The summed E-state index contributed by atoms with van der Waals surface area (Å²) in [6.45, 7) is 2.22. The number of carbonyl (C=O) groups excluding carboxylic acids is 2. The number of H-pyrrole nitrogens is 1. The number of Topliss-reactive ketones (excluding diaryl/α,β-unsaturated/α-hetero) is 1. The van der Waals surface area contributed by atoms with Crippen LogP contribution in [0.4, 0.5) is 0 Å². The van der Waals surface area contributed by atoms with Crippen LogP contribution in [0.25, 0.3) is 10.9 Å². The van der Waals surface area contributed by atoms with E-state index in [2.05, 4.69) is 9.97 Å². The van der Waals surface area contributed by atoms with Crippen molar-refractivity contribution in [2.45, 2.75) is 19.5 Å². The Hall–Kier alpha value is -4.19. The summed E-state index contributed by atoms with van der Waals surface area (Å²) in [7, 11) is 0. The molecule has 1 atom stereocenters. The van der Waals surface area contributed by atoms with Gasteiger partial charge < -0.3 is 15.0 Å². The lowest BCUT2D eigenvalue weighted by molar-refractivity contribution is -0.130. The summed E-state index contributed by atoms with van der Waals surface area (Å²) < 4.78 is 0. The van der Waals surface area contributed by atoms with Crippen LogP contribution < -0.4 is 0 Å². The Balaban J connectivity index is 1.61. The fourth-order valence-corrected chi connectivity index (χ4v) is 4.25. The molecule has 1 aliphatic heterocycles. The average Bonchev–Trinajstić information content (AvgIpc) is 3.34. The number of aromatic nitrogens is 2. The summed E-state index contributed by atoms with van der Waals surface area (Å²) >= 11 is 0. The lowest BCUT2D eigenvalue weighted by Gasteiger charge is -2.27. The van der Waals surface area contributed by atoms with E-state index >= 15 is 0 Å². The zero-order valence-corrected chi connectivity index (χ0v) is 17.4. The molecule has 5 rings (SSSR count). The second-order valence-corrected chi connectivity index (χ2v) is 7.93. The van der Waals surface area contributed by atoms with E-state index in [1.807, 2.05) is 61.7 Å². The molecule has 158 valence electrons. The lowest BCUT2D eigenvalue weighted by Crippen LogP contribution is -2.30. The molecule has 2 aromatic carbocycles. The number of ketones is 1. The number of benzene rings is 2. The van der Waals surface area contributed by atoms with Crippen LogP contribution in [0.3, 0.4) is 0 Å². The van der Waals surface area contributed by atoms with Crippen molar-refractivity contribution in [1.82, 2.24) is 14.9 Å². The van der Waals surface area contributed by atoms with Crippen molar-refractivity contribution in [2.75, 3.05) is 0 Å². The number of aromatic amines is 1. The number of para-hydroxylation sites is 1. The normalized spacial score (nSPS) is 16.2. The number of fused-ring (bicyclic) bond motifs is 1. The van der Waals surface area contributed by atoms with Crippen molar-refractivity contribution in [1.29, 1.82) is 0 Å². The van der Waals surface area contributed by atoms with Crippen molar-refractivity contribution in [3.63, 3.8) is 0 Å². The second kappa shape index (κ2) is 7.81. The van der Waals surface area contributed by atoms with Gasteiger partial charge in [-0.25, -0.2) is 0 Å². The largest absolute Gasteiger partial charge is 0.503 e. The average molecular weight is 423 g/mol. The SMILES string of the molecule is Cc1ccc(C2C(C(=O)c3ccncc3)=C(O)C(=O)N2Cc2c[nH]c3ccccc23)cc1. The quantitative estimate of drug-likeness (QED) is 0.458. The molecule has 6 nitrogen and oxygen atoms in total. The van der Waals surface area contributed by atoms with E-state index in [0.717, 1.165) is 27.6 Å². The molecular formula is C26H21N3O3. The van der Waals surface area contributed by atoms with Gasteiger partial charge in [-0.1, -0.05) is 48.0 Å². The molecule has 0 fully saturated rings. The molecule has 32 heavy (non-hydrogen) atoms. The number of amides is 1. The number of rotatable bonds is 5. The van der Waals surface area contributed by atoms with Crippen LogP contribution in [0.1, 0.15) is 33.1 Å². The van der Waals surface area contributed by atoms with Crippen LogP contribution in [0.2, 0.25) is 0 Å². The maximum atomic E-state index is 13.4. The molecule has 1 unspecified atom stereocenters. The van der Waals surface area contributed by atoms with Gasteiger partial charge in [0.1, 0.15) is 0 Å². The summed E-state index contributed by atoms with van der Waals surface area (Å²) in [6.07, 6.45) is 4.91. The molecule has 0 saturated heterocycles. The topological polar surface area (TPSA) is 86.3 Å². The Bertz CT molecular complexity index is 1350. The molecule has 0 spiro atoms. The minimum Gasteiger partial charge on any atom is -0.503 e. The highest BCUT2D eigenvalue weighted by atomic mass is 16.3. The van der Waals surface area contributed by atoms with E-state index in [1.165, 1.54) is 12.4 Å². The van der Waals surface area contributed by atoms with E-state index in [9.17, 15) is 14.7 Å². The fraction of sp³-hybridized carbons (Fsp3) is 0.115. The number of aliphatic hydroxyl groups is 1. The molecule has 6 heteroatoms. The first-order valence-electron chi connectivity index (χ1n) is 10.3. The third kappa shape index (κ3) is 3.26. The Morgan fingerprint density at radius 1 is 1.06 bits per heavy atom. The van der Waals surface area contributed by atoms with Crippen molar-refractivity contribution in [2.24, 2.45) is 0 Å². The second-order valence-electron chi connectivity index (χ2n) is 7.93. The highest BCUT2D eigenvalue weighted by Crippen LogP contribution is 2.40. The van der Waals surface area contributed by atoms with Gasteiger partial charge in [-0.05, 0) is 36.2 Å². The Labute approximate surface area is 184 Å². The molecule has 0 radical (unpaired) electrons. The van der Waals surface area contributed by atoms with Gasteiger partial charge >= 0.3 is 0 Å². The molecule has 0 bridgehead atoms. The number of hydrogen-bond donors (Lipinski definition) is 2. The Morgan fingerprint density at radius 3 is 2.53 bits per heavy atom. The number of hydrogen-bond acceptors (Lipinski definition) is 4. The third-order valence-corrected chi connectivity index (χ3v) is 5.90. The number of pyridine rings is 1. The van der Waals surface area contributed by atoms with Gasteiger partial charge in [-0.15, -0.1) is 0 Å². The number of aliphatic hydroxyl groups excluding tert-OH is 1. The van der Waals surface area contributed by atoms with Gasteiger partial charge in [0.15, 0.2) is 11.5 Å². The van der Waals surface area contributed by atoms with E-state index in [1.54, 1.807) is 17.0 Å². The first-order valence-corrected chi connectivity index (χ1v) is 10.3. The minimum atomic E-state index is -0.697. The molecular weight excluding hydrogens is 402 g/mol. The van der Waals surface area contributed by atoms with E-state index in [4.69, 9.17) is 0 Å². The number of carbonyl (C=O) groups is 2. The summed E-state index contributed by atoms with van der Waals surface area (Å²) in [5.74, 6) is -1.44. The molecule has 1 amide bonds. The van der Waals surface area contributed by atoms with Crippen LogP contribution >= 0.6 is 0 Å². The zero-order valence-electron chi connectivity index (χ0n) is 17.4. The first-order chi connectivity index (χ1) is 15.5. The molecule has 2 N–H and O–H groups in total. The maximum absolute atomic E-state index is 13.4. The van der Waals surface area contributed by atoms with E-state index in [-0.39, 0.29) is 17.9 Å². The van der Waals surface area contributed by atoms with Gasteiger partial charge in [0.05, 0.1) is 11.6 Å². The molecule has 3 heterocycles. The monoisotopic (exact) mass is 423 g/mol. The predicted octanol–water partition coefficient (Wildman–Crippen LogP) is 4.65. The fourth-order valence-electron chi connectivity index (χ4n) is 4.25. The highest BCUT2D eigenvalue weighted by Gasteiger charge is 2.43. The molecule has 1 aliphatic rings. The molecule has 2 aromatic heterocycles. The Kier molecular flexibility index (Phi) is 4.82. The van der Waals surface area contributed by atoms with Gasteiger partial charge in [-0.3, -0.25) is 14.6 Å². The van der Waals surface area contributed by atoms with Crippen LogP contribution in [0, 0.1) is 6.92 Å². The molecule has 0 aliphatic carbocycles. The summed E-state index contributed by atoms with van der Waals surface area (Å²) in [4.78, 5) is 35.3. The van der Waals surface area contributed by atoms with Crippen molar-refractivity contribution < 1.29 is 14.7 Å². The number of nitrogens with one attached hydrogen (secondary N) is 1. The van der Waals surface area contributed by atoms with Crippen LogP contribution in [0.5, 0.6) is 0 Å². The lowest BCUT2D eigenvalue weighted by atomic mass is 9.92. The summed E-state index contributed by atoms with van der Waals surface area (Å²) in [6, 6.07) is 18.0. The van der Waals surface area contributed by atoms with Gasteiger partial charge in [0.25, 0.3) is 5.91 Å². The van der Waals surface area contributed by atoms with Crippen LogP contribution in [0.15, 0.2) is 90.6 Å². The number of aryl methyl sites for hydroxylation is 1. The maximum Gasteiger partial charge on any atom is 0.290 e. The zero-order chi connectivity index (χ0) is 22.2. The van der Waals surface area contributed by atoms with Gasteiger partial charge in [0, 0.05) is 41.6 Å². The molecule has 4 aromatic rings. The first kappa shape index (κ1) is 19.8. The number of nitrogens with zero attached hydrogens (tertiary/aromatic N) is 2. The predicted molar refractivity (Wildman–Crippen MR) is 121 cm³/mol. The molecule has 0 saturated carbocycles. The van der Waals surface area contributed by atoms with E-state index in [0.29, 0.717) is 5.56 Å². The van der Waals surface area contributed by atoms with Crippen LogP contribution in [-0.2, 0) is 11.3 Å². The van der Waals surface area contributed by atoms with Crippen molar-refractivity contribution in [3.05, 3.63) is 113 Å². The van der Waals surface area contributed by atoms with Gasteiger partial charge in [0.2, 0.25) is 0 Å². The van der Waals surface area contributed by atoms with Gasteiger partial charge in [-0.2, -0.15) is 0 Å². The third-order valence-electron chi connectivity index (χ3n) is 5.90. The minimum absolute atomic E-state index is 0.0879.